The predicted octanol–water partition coefficient (Wildman–Crippen LogP) is 4.71. The second kappa shape index (κ2) is 11.7. The third-order valence-electron chi connectivity index (χ3n) is 5.99. The molecular formula is C24H21Cl2F5N6O3. The van der Waals surface area contributed by atoms with Crippen molar-refractivity contribution in [3.05, 3.63) is 63.8 Å². The lowest BCUT2D eigenvalue weighted by atomic mass is 9.95. The fourth-order valence-corrected chi connectivity index (χ4v) is 4.44. The molecule has 0 bridgehead atoms. The van der Waals surface area contributed by atoms with Crippen molar-refractivity contribution in [1.29, 1.82) is 0 Å². The Kier molecular flexibility index (Phi) is 8.75. The molecule has 1 saturated heterocycles. The largest absolute Gasteiger partial charge is 0.418 e. The van der Waals surface area contributed by atoms with Crippen LogP contribution in [0.4, 0.5) is 27.6 Å². The van der Waals surface area contributed by atoms with E-state index in [0.717, 1.165) is 28.9 Å². The summed E-state index contributed by atoms with van der Waals surface area (Å²) in [7, 11) is 0. The van der Waals surface area contributed by atoms with E-state index in [0.29, 0.717) is 0 Å². The van der Waals surface area contributed by atoms with E-state index >= 15 is 0 Å². The molecule has 214 valence electrons. The van der Waals surface area contributed by atoms with Gasteiger partial charge in [-0.05, 0) is 37.3 Å². The van der Waals surface area contributed by atoms with Crippen molar-refractivity contribution in [3.63, 3.8) is 0 Å². The number of nitrogens with two attached hydrogens (primary N) is 1. The van der Waals surface area contributed by atoms with Crippen molar-refractivity contribution in [2.75, 3.05) is 6.61 Å². The molecule has 16 heteroatoms. The van der Waals surface area contributed by atoms with Crippen LogP contribution >= 0.6 is 23.2 Å². The van der Waals surface area contributed by atoms with Gasteiger partial charge in [0, 0.05) is 17.0 Å². The normalized spacial score (nSPS) is 22.6. The number of aliphatic hydroxyl groups excluding tert-OH is 2. The summed E-state index contributed by atoms with van der Waals surface area (Å²) in [6.45, 7) is 0.677. The second-order valence-electron chi connectivity index (χ2n) is 8.83. The molecule has 0 aliphatic carbocycles. The molecule has 1 aliphatic heterocycles. The standard InChI is InChI=1S/C24H21Cl2F5N6O3/c1-10(32)33-23(34-15-6-11(25)2-4-13(15)24(29,30)31)18-7-17(22(39)19(9-38)40-18)37-8-16(35-36-37)12-3-5-14(26)21(28)20(12)27/h2-6,8,17-19,22,38-39H,7,9H2,1H3,(H2,32,33,34). The zero-order chi connectivity index (χ0) is 29.4. The van der Waals surface area contributed by atoms with E-state index < -0.39 is 65.0 Å². The molecule has 1 aliphatic rings. The SMILES string of the molecule is CC(N)=NC(=Nc1cc(Cl)ccc1C(F)(F)F)C1CC(n2cc(-c3ccc(Cl)c(F)c3F)nn2)C(O)C(CO)O1. The number of rotatable bonds is 5. The molecule has 0 saturated carbocycles. The van der Waals surface area contributed by atoms with E-state index in [4.69, 9.17) is 33.7 Å². The van der Waals surface area contributed by atoms with E-state index in [1.165, 1.54) is 19.2 Å². The number of hydrogen-bond donors (Lipinski definition) is 3. The van der Waals surface area contributed by atoms with Gasteiger partial charge in [0.05, 0.1) is 41.0 Å². The maximum Gasteiger partial charge on any atom is 0.418 e. The quantitative estimate of drug-likeness (QED) is 0.167. The molecular weight excluding hydrogens is 586 g/mol. The third-order valence-corrected chi connectivity index (χ3v) is 6.52. The van der Waals surface area contributed by atoms with Crippen LogP contribution < -0.4 is 5.73 Å². The van der Waals surface area contributed by atoms with Gasteiger partial charge in [-0.15, -0.1) is 5.10 Å². The highest BCUT2D eigenvalue weighted by Gasteiger charge is 2.42. The summed E-state index contributed by atoms with van der Waals surface area (Å²) in [5, 5.41) is 28.0. The van der Waals surface area contributed by atoms with Gasteiger partial charge in [0.25, 0.3) is 0 Å². The van der Waals surface area contributed by atoms with Gasteiger partial charge in [0.1, 0.15) is 24.0 Å². The lowest BCUT2D eigenvalue weighted by molar-refractivity contribution is -0.137. The number of aliphatic imine (C=N–C) groups is 2. The number of amidine groups is 2. The Morgan fingerprint density at radius 2 is 1.93 bits per heavy atom. The lowest BCUT2D eigenvalue weighted by Crippen LogP contribution is -2.50. The molecule has 0 radical (unpaired) electrons. The van der Waals surface area contributed by atoms with Crippen molar-refractivity contribution in [2.45, 2.75) is 43.9 Å². The lowest BCUT2D eigenvalue weighted by Gasteiger charge is -2.38. The Labute approximate surface area is 233 Å². The van der Waals surface area contributed by atoms with Crippen molar-refractivity contribution in [1.82, 2.24) is 15.0 Å². The molecule has 0 amide bonds. The van der Waals surface area contributed by atoms with Gasteiger partial charge < -0.3 is 20.7 Å². The molecule has 4 atom stereocenters. The number of aromatic nitrogens is 3. The fraction of sp³-hybridized carbons (Fsp3) is 0.333. The highest BCUT2D eigenvalue weighted by Crippen LogP contribution is 2.39. The van der Waals surface area contributed by atoms with E-state index in [1.807, 2.05) is 0 Å². The smallest absolute Gasteiger partial charge is 0.394 e. The van der Waals surface area contributed by atoms with Gasteiger partial charge in [-0.1, -0.05) is 28.4 Å². The Balaban J connectivity index is 1.75. The van der Waals surface area contributed by atoms with Crippen LogP contribution in [0.25, 0.3) is 11.3 Å². The monoisotopic (exact) mass is 606 g/mol. The van der Waals surface area contributed by atoms with Crippen LogP contribution in [0.1, 0.15) is 24.9 Å². The first-order chi connectivity index (χ1) is 18.8. The third kappa shape index (κ3) is 6.25. The van der Waals surface area contributed by atoms with Crippen LogP contribution in [0, 0.1) is 11.6 Å². The maximum atomic E-state index is 14.5. The Bertz CT molecular complexity index is 1460. The zero-order valence-electron chi connectivity index (χ0n) is 20.4. The maximum absolute atomic E-state index is 14.5. The average Bonchev–Trinajstić information content (AvgIpc) is 3.36. The molecule has 1 fully saturated rings. The van der Waals surface area contributed by atoms with Gasteiger partial charge >= 0.3 is 6.18 Å². The minimum atomic E-state index is -4.77. The summed E-state index contributed by atoms with van der Waals surface area (Å²) in [5.74, 6) is -2.91. The molecule has 3 aromatic rings. The van der Waals surface area contributed by atoms with Gasteiger partial charge in [-0.25, -0.2) is 23.4 Å². The summed E-state index contributed by atoms with van der Waals surface area (Å²) < 4.78 is 76.3. The highest BCUT2D eigenvalue weighted by molar-refractivity contribution is 6.31. The first-order valence-corrected chi connectivity index (χ1v) is 12.3. The van der Waals surface area contributed by atoms with Crippen LogP contribution in [0.3, 0.4) is 0 Å². The zero-order valence-corrected chi connectivity index (χ0v) is 22.0. The molecule has 1 aromatic heterocycles. The Morgan fingerprint density at radius 1 is 1.20 bits per heavy atom. The predicted molar refractivity (Wildman–Crippen MR) is 137 cm³/mol. The molecule has 2 heterocycles. The van der Waals surface area contributed by atoms with Crippen molar-refractivity contribution < 1.29 is 36.9 Å². The van der Waals surface area contributed by atoms with E-state index in [9.17, 15) is 32.2 Å². The molecule has 0 spiro atoms. The van der Waals surface area contributed by atoms with Crippen LogP contribution in [0.2, 0.25) is 10.0 Å². The number of ether oxygens (including phenoxy) is 1. The summed E-state index contributed by atoms with van der Waals surface area (Å²) in [6.07, 6.45) is -7.60. The first kappa shape index (κ1) is 29.8. The second-order valence-corrected chi connectivity index (χ2v) is 9.67. The van der Waals surface area contributed by atoms with Gasteiger partial charge in [0.2, 0.25) is 0 Å². The molecule has 2 aromatic carbocycles. The minimum Gasteiger partial charge on any atom is -0.394 e. The summed E-state index contributed by atoms with van der Waals surface area (Å²) in [6, 6.07) is 4.13. The number of benzene rings is 2. The van der Waals surface area contributed by atoms with E-state index in [2.05, 4.69) is 20.3 Å². The number of nitrogens with zero attached hydrogens (tertiary/aromatic N) is 5. The highest BCUT2D eigenvalue weighted by atomic mass is 35.5. The average molecular weight is 607 g/mol. The summed E-state index contributed by atoms with van der Waals surface area (Å²) in [4.78, 5) is 8.11. The van der Waals surface area contributed by atoms with Crippen molar-refractivity contribution in [2.24, 2.45) is 15.7 Å². The summed E-state index contributed by atoms with van der Waals surface area (Å²) >= 11 is 11.5. The molecule has 40 heavy (non-hydrogen) atoms. The van der Waals surface area contributed by atoms with Crippen LogP contribution in [-0.4, -0.2) is 61.8 Å². The topological polar surface area (TPSA) is 131 Å². The molecule has 4 rings (SSSR count). The van der Waals surface area contributed by atoms with E-state index in [1.54, 1.807) is 0 Å². The van der Waals surface area contributed by atoms with Crippen LogP contribution in [0.15, 0.2) is 46.5 Å². The van der Waals surface area contributed by atoms with Gasteiger partial charge in [-0.3, -0.25) is 0 Å². The number of aliphatic hydroxyl groups is 2. The van der Waals surface area contributed by atoms with Crippen molar-refractivity contribution >= 4 is 40.6 Å². The Hall–Kier alpha value is -3.17. The van der Waals surface area contributed by atoms with Crippen LogP contribution in [-0.2, 0) is 10.9 Å². The number of alkyl halides is 3. The Morgan fingerprint density at radius 3 is 2.58 bits per heavy atom. The molecule has 9 nitrogen and oxygen atoms in total. The fourth-order valence-electron chi connectivity index (χ4n) is 4.13. The van der Waals surface area contributed by atoms with Crippen molar-refractivity contribution in [3.8, 4) is 11.3 Å². The number of hydrogen-bond acceptors (Lipinski definition) is 6. The van der Waals surface area contributed by atoms with Crippen LogP contribution in [0.5, 0.6) is 0 Å². The summed E-state index contributed by atoms with van der Waals surface area (Å²) in [5.41, 5.74) is 3.71. The van der Waals surface area contributed by atoms with Gasteiger partial charge in [-0.2, -0.15) is 13.2 Å². The molecule has 4 N–H and O–H groups in total. The molecule has 4 unspecified atom stereocenters. The number of halogens is 7. The minimum absolute atomic E-state index is 0.0216. The van der Waals surface area contributed by atoms with Gasteiger partial charge in [0.15, 0.2) is 17.5 Å². The van der Waals surface area contributed by atoms with E-state index in [-0.39, 0.29) is 34.4 Å². The first-order valence-electron chi connectivity index (χ1n) is 11.6.